The van der Waals surface area contributed by atoms with Crippen molar-refractivity contribution in [3.05, 3.63) is 0 Å². The molecule has 2 unspecified atom stereocenters. The predicted octanol–water partition coefficient (Wildman–Crippen LogP) is 3.60. The van der Waals surface area contributed by atoms with Gasteiger partial charge in [-0.1, -0.05) is 0 Å². The van der Waals surface area contributed by atoms with Crippen molar-refractivity contribution < 1.29 is 29.0 Å². The largest absolute Gasteiger partial charge is 0.444 e. The van der Waals surface area contributed by atoms with E-state index in [-0.39, 0.29) is 36.6 Å². The molecule has 8 nitrogen and oxygen atoms in total. The van der Waals surface area contributed by atoms with E-state index in [1.165, 1.54) is 4.90 Å². The highest BCUT2D eigenvalue weighted by Crippen LogP contribution is 2.39. The first-order valence-corrected chi connectivity index (χ1v) is 11.0. The molecule has 4 atom stereocenters. The van der Waals surface area contributed by atoms with Gasteiger partial charge in [0.05, 0.1) is 0 Å². The van der Waals surface area contributed by atoms with E-state index in [0.29, 0.717) is 5.92 Å². The first kappa shape index (κ1) is 24.4. The summed E-state index contributed by atoms with van der Waals surface area (Å²) in [6, 6.07) is 0.259. The fourth-order valence-electron chi connectivity index (χ4n) is 4.19. The third-order valence-corrected chi connectivity index (χ3v) is 5.47. The molecule has 0 aromatic heterocycles. The minimum absolute atomic E-state index is 0.0412. The number of carbonyl (C=O) groups is 3. The van der Waals surface area contributed by atoms with Gasteiger partial charge in [-0.25, -0.2) is 14.5 Å². The van der Waals surface area contributed by atoms with Gasteiger partial charge in [0.15, 0.2) is 0 Å². The summed E-state index contributed by atoms with van der Waals surface area (Å²) >= 11 is 0. The average Bonchev–Trinajstić information content (AvgIpc) is 3.27. The number of ether oxygens (including phenoxy) is 2. The molecule has 0 aromatic rings. The molecule has 3 rings (SSSR count). The van der Waals surface area contributed by atoms with Crippen molar-refractivity contribution in [1.29, 1.82) is 0 Å². The maximum atomic E-state index is 11.7. The van der Waals surface area contributed by atoms with Crippen LogP contribution >= 0.6 is 0 Å². The monoisotopic (exact) mass is 426 g/mol. The van der Waals surface area contributed by atoms with Crippen LogP contribution in [0, 0.1) is 11.8 Å². The summed E-state index contributed by atoms with van der Waals surface area (Å²) in [6.07, 6.45) is 4.65. The summed E-state index contributed by atoms with van der Waals surface area (Å²) in [5, 5.41) is 11.8. The zero-order chi connectivity index (χ0) is 22.7. The summed E-state index contributed by atoms with van der Waals surface area (Å²) < 4.78 is 10.4. The Hall–Kier alpha value is -1.83. The van der Waals surface area contributed by atoms with Gasteiger partial charge >= 0.3 is 12.2 Å². The lowest BCUT2D eigenvalue weighted by Gasteiger charge is -2.28. The van der Waals surface area contributed by atoms with Gasteiger partial charge in [-0.3, -0.25) is 4.79 Å². The van der Waals surface area contributed by atoms with Gasteiger partial charge in [0.2, 0.25) is 5.91 Å². The normalized spacial score (nSPS) is 28.1. The maximum absolute atomic E-state index is 11.7. The zero-order valence-electron chi connectivity index (χ0n) is 19.2. The summed E-state index contributed by atoms with van der Waals surface area (Å²) in [5.41, 5.74) is -0.974. The van der Waals surface area contributed by atoms with Crippen LogP contribution in [0.15, 0.2) is 0 Å². The van der Waals surface area contributed by atoms with Crippen molar-refractivity contribution in [2.75, 3.05) is 6.61 Å². The van der Waals surface area contributed by atoms with Crippen LogP contribution in [0.3, 0.4) is 0 Å². The molecule has 1 heterocycles. The number of nitrogens with one attached hydrogen (secondary N) is 1. The number of rotatable bonds is 2. The first-order chi connectivity index (χ1) is 13.8. The Morgan fingerprint density at radius 2 is 1.63 bits per heavy atom. The Labute approximate surface area is 179 Å². The number of amides is 3. The summed E-state index contributed by atoms with van der Waals surface area (Å²) in [4.78, 5) is 36.2. The quantitative estimate of drug-likeness (QED) is 0.699. The number of imide groups is 1. The minimum Gasteiger partial charge on any atom is -0.444 e. The lowest BCUT2D eigenvalue weighted by Crippen LogP contribution is -2.44. The van der Waals surface area contributed by atoms with Crippen LogP contribution in [0.1, 0.15) is 80.1 Å². The SMILES string of the molecule is CC(C)(C)OC(=O)N1C(=O)C2CCC1C2.CC(C)(C)OC(=O)N[C@H]1CC[C@@H](CO)C1. The van der Waals surface area contributed by atoms with Crippen LogP contribution in [-0.2, 0) is 14.3 Å². The van der Waals surface area contributed by atoms with Crippen molar-refractivity contribution in [2.45, 2.75) is 103 Å². The fraction of sp³-hybridized carbons (Fsp3) is 0.864. The van der Waals surface area contributed by atoms with Gasteiger partial charge in [0, 0.05) is 24.6 Å². The fourth-order valence-corrected chi connectivity index (χ4v) is 4.19. The highest BCUT2D eigenvalue weighted by Gasteiger charge is 2.48. The van der Waals surface area contributed by atoms with Crippen LogP contribution in [0.5, 0.6) is 0 Å². The Bertz CT molecular complexity index is 637. The Morgan fingerprint density at radius 1 is 1.00 bits per heavy atom. The number of piperidine rings is 1. The Balaban J connectivity index is 0.000000214. The molecule has 1 saturated heterocycles. The van der Waals surface area contributed by atoms with Crippen molar-refractivity contribution in [3.63, 3.8) is 0 Å². The maximum Gasteiger partial charge on any atom is 0.417 e. The molecular formula is C22H38N2O6. The Kier molecular flexibility index (Phi) is 7.77. The van der Waals surface area contributed by atoms with E-state index in [0.717, 1.165) is 38.5 Å². The molecule has 2 saturated carbocycles. The number of hydrogen-bond donors (Lipinski definition) is 2. The van der Waals surface area contributed by atoms with Gasteiger partial charge in [-0.15, -0.1) is 0 Å². The molecule has 3 fully saturated rings. The number of alkyl carbamates (subject to hydrolysis) is 1. The predicted molar refractivity (Wildman–Crippen MR) is 112 cm³/mol. The molecule has 1 aliphatic heterocycles. The number of nitrogens with zero attached hydrogens (tertiary/aromatic N) is 1. The topological polar surface area (TPSA) is 105 Å². The smallest absolute Gasteiger partial charge is 0.417 e. The van der Waals surface area contributed by atoms with Crippen LogP contribution in [0.2, 0.25) is 0 Å². The van der Waals surface area contributed by atoms with Crippen molar-refractivity contribution in [2.24, 2.45) is 11.8 Å². The first-order valence-electron chi connectivity index (χ1n) is 11.0. The third-order valence-electron chi connectivity index (χ3n) is 5.47. The van der Waals surface area contributed by atoms with Gasteiger partial charge in [-0.2, -0.15) is 0 Å². The number of aliphatic hydroxyl groups is 1. The van der Waals surface area contributed by atoms with Gasteiger partial charge in [0.25, 0.3) is 0 Å². The van der Waals surface area contributed by atoms with E-state index < -0.39 is 17.3 Å². The molecule has 2 N–H and O–H groups in total. The van der Waals surface area contributed by atoms with E-state index in [1.807, 2.05) is 41.5 Å². The van der Waals surface area contributed by atoms with E-state index in [2.05, 4.69) is 5.32 Å². The molecule has 0 radical (unpaired) electrons. The molecular weight excluding hydrogens is 388 g/mol. The number of fused-ring (bicyclic) bond motifs is 2. The van der Waals surface area contributed by atoms with Gasteiger partial charge < -0.3 is 19.9 Å². The number of carbonyl (C=O) groups excluding carboxylic acids is 3. The second-order valence-corrected chi connectivity index (χ2v) is 10.6. The van der Waals surface area contributed by atoms with Crippen LogP contribution < -0.4 is 5.32 Å². The third kappa shape index (κ3) is 7.15. The highest BCUT2D eigenvalue weighted by atomic mass is 16.6. The van der Waals surface area contributed by atoms with Gasteiger partial charge in [-0.05, 0) is 86.0 Å². The van der Waals surface area contributed by atoms with Crippen molar-refractivity contribution in [1.82, 2.24) is 10.2 Å². The zero-order valence-corrected chi connectivity index (χ0v) is 19.2. The van der Waals surface area contributed by atoms with Crippen LogP contribution in [0.25, 0.3) is 0 Å². The lowest BCUT2D eigenvalue weighted by molar-refractivity contribution is -0.133. The van der Waals surface area contributed by atoms with Crippen molar-refractivity contribution >= 4 is 18.1 Å². The molecule has 0 aromatic carbocycles. The number of likely N-dealkylation sites (tertiary alicyclic amines) is 1. The number of hydrogen-bond acceptors (Lipinski definition) is 6. The van der Waals surface area contributed by atoms with E-state index >= 15 is 0 Å². The average molecular weight is 427 g/mol. The minimum atomic E-state index is -0.529. The Morgan fingerprint density at radius 3 is 2.10 bits per heavy atom. The summed E-state index contributed by atoms with van der Waals surface area (Å²) in [5.74, 6) is 0.368. The second kappa shape index (κ2) is 9.54. The molecule has 3 amide bonds. The summed E-state index contributed by atoms with van der Waals surface area (Å²) in [6.45, 7) is 11.2. The standard InChI is InChI=1S/C11H17NO3.C11H21NO3/c1-11(2,3)15-10(14)12-8-5-4-7(6-8)9(12)13;1-11(2,3)15-10(14)12-9-5-4-8(6-9)7-13/h7-8H,4-6H2,1-3H3;8-9,13H,4-7H2,1-3H3,(H,12,14)/t;8-,9+/m.1/s1. The molecule has 3 aliphatic rings. The van der Waals surface area contributed by atoms with E-state index in [4.69, 9.17) is 14.6 Å². The molecule has 30 heavy (non-hydrogen) atoms. The van der Waals surface area contributed by atoms with Gasteiger partial charge in [0.1, 0.15) is 11.2 Å². The second-order valence-electron chi connectivity index (χ2n) is 10.6. The molecule has 2 bridgehead atoms. The number of aliphatic hydroxyl groups excluding tert-OH is 1. The van der Waals surface area contributed by atoms with Crippen molar-refractivity contribution in [3.8, 4) is 0 Å². The molecule has 172 valence electrons. The van der Waals surface area contributed by atoms with Crippen LogP contribution in [0.4, 0.5) is 9.59 Å². The summed E-state index contributed by atoms with van der Waals surface area (Å²) in [7, 11) is 0. The molecule has 8 heteroatoms. The lowest BCUT2D eigenvalue weighted by atomic mass is 10.1. The van der Waals surface area contributed by atoms with Crippen LogP contribution in [-0.4, -0.2) is 58.0 Å². The molecule has 2 aliphatic carbocycles. The molecule has 0 spiro atoms. The van der Waals surface area contributed by atoms with E-state index in [1.54, 1.807) is 0 Å². The highest BCUT2D eigenvalue weighted by molar-refractivity contribution is 5.96. The van der Waals surface area contributed by atoms with E-state index in [9.17, 15) is 14.4 Å².